The number of likely N-dealkylation sites (N-methyl/N-ethyl adjacent to an activating group) is 1. The maximum atomic E-state index is 13.5. The maximum Gasteiger partial charge on any atom is 0.162 e. The van der Waals surface area contributed by atoms with Gasteiger partial charge in [0.25, 0.3) is 0 Å². The Morgan fingerprint density at radius 1 is 1.33 bits per heavy atom. The minimum absolute atomic E-state index is 0.119. The zero-order chi connectivity index (χ0) is 13.9. The Morgan fingerprint density at radius 3 is 2.44 bits per heavy atom. The molecular formula is C12H17F2NO2S. The largest absolute Gasteiger partial charge is 0.315 e. The van der Waals surface area contributed by atoms with Crippen molar-refractivity contribution in [1.82, 2.24) is 5.32 Å². The summed E-state index contributed by atoms with van der Waals surface area (Å²) in [7, 11) is -1.64. The smallest absolute Gasteiger partial charge is 0.162 e. The highest BCUT2D eigenvalue weighted by Crippen LogP contribution is 2.16. The lowest BCUT2D eigenvalue weighted by atomic mass is 10.0. The Balaban J connectivity index is 2.97. The molecule has 1 rings (SSSR count). The number of hydrogen-bond donors (Lipinski definition) is 1. The molecule has 1 N–H and O–H groups in total. The van der Waals surface area contributed by atoms with Gasteiger partial charge in [-0.05, 0) is 32.0 Å². The predicted octanol–water partition coefficient (Wildman–Crippen LogP) is 1.53. The summed E-state index contributed by atoms with van der Waals surface area (Å²) in [6, 6.07) is 3.44. The highest BCUT2D eigenvalue weighted by Gasteiger charge is 2.26. The van der Waals surface area contributed by atoms with Gasteiger partial charge in [-0.2, -0.15) is 0 Å². The van der Waals surface area contributed by atoms with Crippen LogP contribution in [0.15, 0.2) is 18.2 Å². The van der Waals surface area contributed by atoms with E-state index in [0.29, 0.717) is 0 Å². The lowest BCUT2D eigenvalue weighted by Crippen LogP contribution is -2.42. The monoisotopic (exact) mass is 277 g/mol. The first kappa shape index (κ1) is 15.0. The summed E-state index contributed by atoms with van der Waals surface area (Å²) in [5.74, 6) is -1.84. The minimum atomic E-state index is -3.24. The lowest BCUT2D eigenvalue weighted by Gasteiger charge is -2.22. The normalized spacial score (nSPS) is 15.4. The van der Waals surface area contributed by atoms with Crippen molar-refractivity contribution >= 4 is 9.84 Å². The van der Waals surface area contributed by atoms with E-state index in [1.165, 1.54) is 12.1 Å². The van der Waals surface area contributed by atoms with Crippen LogP contribution in [0.5, 0.6) is 0 Å². The fraction of sp³-hybridized carbons (Fsp3) is 0.500. The minimum Gasteiger partial charge on any atom is -0.315 e. The SMILES string of the molecule is CNC(Cc1cccc(F)c1F)C(C)S(C)(=O)=O. The van der Waals surface area contributed by atoms with E-state index in [4.69, 9.17) is 0 Å². The third-order valence-electron chi connectivity index (χ3n) is 3.08. The molecule has 0 aliphatic carbocycles. The number of sulfone groups is 1. The molecule has 18 heavy (non-hydrogen) atoms. The molecule has 0 radical (unpaired) electrons. The Hall–Kier alpha value is -1.01. The molecule has 3 nitrogen and oxygen atoms in total. The van der Waals surface area contributed by atoms with Gasteiger partial charge in [0.15, 0.2) is 21.5 Å². The van der Waals surface area contributed by atoms with Gasteiger partial charge in [-0.15, -0.1) is 0 Å². The van der Waals surface area contributed by atoms with Crippen LogP contribution in [0.4, 0.5) is 8.78 Å². The van der Waals surface area contributed by atoms with E-state index < -0.39 is 32.8 Å². The Kier molecular flexibility index (Phi) is 4.81. The standard InChI is InChI=1S/C12H17F2NO2S/c1-8(18(3,16)17)11(15-2)7-9-5-4-6-10(13)12(9)14/h4-6,8,11,15H,7H2,1-3H3. The van der Waals surface area contributed by atoms with Crippen molar-refractivity contribution in [3.8, 4) is 0 Å². The summed E-state index contributed by atoms with van der Waals surface area (Å²) < 4.78 is 49.5. The second kappa shape index (κ2) is 5.75. The molecule has 0 saturated heterocycles. The average molecular weight is 277 g/mol. The van der Waals surface area contributed by atoms with E-state index in [1.54, 1.807) is 14.0 Å². The molecule has 1 aromatic carbocycles. The van der Waals surface area contributed by atoms with Gasteiger partial charge in [-0.3, -0.25) is 0 Å². The molecule has 0 spiro atoms. The fourth-order valence-corrected chi connectivity index (χ4v) is 2.57. The van der Waals surface area contributed by atoms with Crippen molar-refractivity contribution < 1.29 is 17.2 Å². The zero-order valence-electron chi connectivity index (χ0n) is 10.6. The van der Waals surface area contributed by atoms with Crippen LogP contribution < -0.4 is 5.32 Å². The van der Waals surface area contributed by atoms with Gasteiger partial charge in [0.2, 0.25) is 0 Å². The van der Waals surface area contributed by atoms with Crippen LogP contribution in [0.3, 0.4) is 0 Å². The summed E-state index contributed by atoms with van der Waals surface area (Å²) in [6.07, 6.45) is 1.25. The molecule has 2 unspecified atom stereocenters. The summed E-state index contributed by atoms with van der Waals surface area (Å²) in [5.41, 5.74) is 0.171. The van der Waals surface area contributed by atoms with E-state index in [-0.39, 0.29) is 12.0 Å². The van der Waals surface area contributed by atoms with Crippen LogP contribution in [0.2, 0.25) is 0 Å². The molecular weight excluding hydrogens is 260 g/mol. The van der Waals surface area contributed by atoms with Gasteiger partial charge in [0.1, 0.15) is 0 Å². The van der Waals surface area contributed by atoms with E-state index in [0.717, 1.165) is 12.3 Å². The third kappa shape index (κ3) is 3.49. The van der Waals surface area contributed by atoms with E-state index in [9.17, 15) is 17.2 Å². The first-order valence-electron chi connectivity index (χ1n) is 5.56. The molecule has 2 atom stereocenters. The van der Waals surface area contributed by atoms with Gasteiger partial charge in [0, 0.05) is 12.3 Å². The van der Waals surface area contributed by atoms with Crippen molar-refractivity contribution in [1.29, 1.82) is 0 Å². The van der Waals surface area contributed by atoms with Crippen molar-refractivity contribution in [2.24, 2.45) is 0 Å². The third-order valence-corrected chi connectivity index (χ3v) is 4.76. The quantitative estimate of drug-likeness (QED) is 0.888. The average Bonchev–Trinajstić information content (AvgIpc) is 2.29. The van der Waals surface area contributed by atoms with Crippen molar-refractivity contribution in [3.63, 3.8) is 0 Å². The van der Waals surface area contributed by atoms with E-state index >= 15 is 0 Å². The highest BCUT2D eigenvalue weighted by atomic mass is 32.2. The lowest BCUT2D eigenvalue weighted by molar-refractivity contribution is 0.475. The molecule has 0 aliphatic rings. The predicted molar refractivity (Wildman–Crippen MR) is 67.2 cm³/mol. The Labute approximate surface area is 106 Å². The topological polar surface area (TPSA) is 46.2 Å². The van der Waals surface area contributed by atoms with Crippen molar-refractivity contribution in [3.05, 3.63) is 35.4 Å². The number of halogens is 2. The van der Waals surface area contributed by atoms with Crippen LogP contribution in [0.1, 0.15) is 12.5 Å². The van der Waals surface area contributed by atoms with Crippen LogP contribution in [0, 0.1) is 11.6 Å². The summed E-state index contributed by atoms with van der Waals surface area (Å²) in [4.78, 5) is 0. The molecule has 0 bridgehead atoms. The number of rotatable bonds is 5. The Morgan fingerprint density at radius 2 is 1.94 bits per heavy atom. The molecule has 1 aromatic rings. The second-order valence-corrected chi connectivity index (χ2v) is 6.75. The zero-order valence-corrected chi connectivity index (χ0v) is 11.4. The van der Waals surface area contributed by atoms with Gasteiger partial charge >= 0.3 is 0 Å². The second-order valence-electron chi connectivity index (χ2n) is 4.35. The molecule has 0 fully saturated rings. The Bertz CT molecular complexity index is 517. The molecule has 6 heteroatoms. The maximum absolute atomic E-state index is 13.5. The molecule has 0 heterocycles. The van der Waals surface area contributed by atoms with E-state index in [2.05, 4.69) is 5.32 Å². The van der Waals surface area contributed by atoms with Gasteiger partial charge in [0.05, 0.1) is 5.25 Å². The van der Waals surface area contributed by atoms with Crippen LogP contribution >= 0.6 is 0 Å². The molecule has 0 aliphatic heterocycles. The van der Waals surface area contributed by atoms with E-state index in [1.807, 2.05) is 0 Å². The summed E-state index contributed by atoms with van der Waals surface area (Å²) >= 11 is 0. The highest BCUT2D eigenvalue weighted by molar-refractivity contribution is 7.91. The number of hydrogen-bond acceptors (Lipinski definition) is 3. The van der Waals surface area contributed by atoms with Gasteiger partial charge in [-0.25, -0.2) is 17.2 Å². The summed E-state index contributed by atoms with van der Waals surface area (Å²) in [6.45, 7) is 1.55. The van der Waals surface area contributed by atoms with Crippen molar-refractivity contribution in [2.45, 2.75) is 24.6 Å². The number of nitrogens with one attached hydrogen (secondary N) is 1. The fourth-order valence-electron chi connectivity index (χ4n) is 1.74. The van der Waals surface area contributed by atoms with Crippen molar-refractivity contribution in [2.75, 3.05) is 13.3 Å². The summed E-state index contributed by atoms with van der Waals surface area (Å²) in [5, 5.41) is 2.16. The first-order chi connectivity index (χ1) is 8.27. The van der Waals surface area contributed by atoms with Crippen LogP contribution in [0.25, 0.3) is 0 Å². The first-order valence-corrected chi connectivity index (χ1v) is 7.51. The molecule has 102 valence electrons. The van der Waals surface area contributed by atoms with Crippen LogP contribution in [-0.4, -0.2) is 33.0 Å². The molecule has 0 amide bonds. The molecule has 0 saturated carbocycles. The molecule has 0 aromatic heterocycles. The van der Waals surface area contributed by atoms with Gasteiger partial charge in [-0.1, -0.05) is 12.1 Å². The van der Waals surface area contributed by atoms with Gasteiger partial charge < -0.3 is 5.32 Å². The van der Waals surface area contributed by atoms with Crippen LogP contribution in [-0.2, 0) is 16.3 Å². The number of benzene rings is 1.